The molecule has 0 N–H and O–H groups in total. The van der Waals surface area contributed by atoms with Crippen molar-refractivity contribution in [3.05, 3.63) is 59.2 Å². The lowest BCUT2D eigenvalue weighted by Gasteiger charge is -2.26. The topological polar surface area (TPSA) is 81.4 Å². The first kappa shape index (κ1) is 17.1. The van der Waals surface area contributed by atoms with E-state index < -0.39 is 5.97 Å². The molecule has 0 atom stereocenters. The molecule has 2 aromatic heterocycles. The molecular formula is C19H17FN4O3. The quantitative estimate of drug-likeness (QED) is 0.655. The lowest BCUT2D eigenvalue weighted by atomic mass is 10.0. The molecule has 0 bridgehead atoms. The van der Waals surface area contributed by atoms with E-state index in [2.05, 4.69) is 15.4 Å². The summed E-state index contributed by atoms with van der Waals surface area (Å²) in [5.41, 5.74) is 2.79. The van der Waals surface area contributed by atoms with Crippen LogP contribution in [0.4, 0.5) is 10.2 Å². The van der Waals surface area contributed by atoms with Gasteiger partial charge in [0.25, 0.3) is 0 Å². The number of fused-ring (bicyclic) bond motifs is 1. The van der Waals surface area contributed by atoms with Gasteiger partial charge in [0, 0.05) is 24.1 Å². The van der Waals surface area contributed by atoms with Crippen molar-refractivity contribution in [2.45, 2.75) is 19.9 Å². The summed E-state index contributed by atoms with van der Waals surface area (Å²) in [7, 11) is 0. The van der Waals surface area contributed by atoms with Crippen LogP contribution >= 0.6 is 0 Å². The number of hydrogen-bond donors (Lipinski definition) is 0. The molecule has 7 nitrogen and oxygen atoms in total. The maximum Gasteiger partial charge on any atom is 0.358 e. The number of ether oxygens (including phenoxy) is 1. The molecule has 0 radical (unpaired) electrons. The average molecular weight is 368 g/mol. The summed E-state index contributed by atoms with van der Waals surface area (Å²) in [4.78, 5) is 13.7. The molecule has 0 amide bonds. The van der Waals surface area contributed by atoms with Crippen LogP contribution in [-0.4, -0.2) is 34.5 Å². The second-order valence-electron chi connectivity index (χ2n) is 6.11. The Balaban J connectivity index is 1.57. The van der Waals surface area contributed by atoms with E-state index in [1.807, 2.05) is 4.90 Å². The standard InChI is InChI=1S/C19H17FN4O3/c1-2-26-19(25)16-7-8-17(22-21-16)24-10-9-15-14(11-24)18(27-23-15)12-3-5-13(20)6-4-12/h3-8H,2,9-11H2,1H3. The second kappa shape index (κ2) is 7.14. The van der Waals surface area contributed by atoms with Crippen molar-refractivity contribution in [1.29, 1.82) is 0 Å². The number of halogens is 1. The van der Waals surface area contributed by atoms with Crippen molar-refractivity contribution in [2.75, 3.05) is 18.1 Å². The number of carbonyl (C=O) groups is 1. The van der Waals surface area contributed by atoms with Crippen LogP contribution in [0.1, 0.15) is 28.7 Å². The Hall–Kier alpha value is -3.29. The zero-order valence-corrected chi connectivity index (χ0v) is 14.7. The zero-order chi connectivity index (χ0) is 18.8. The van der Waals surface area contributed by atoms with E-state index in [0.29, 0.717) is 31.1 Å². The van der Waals surface area contributed by atoms with Gasteiger partial charge in [-0.15, -0.1) is 10.2 Å². The Morgan fingerprint density at radius 1 is 1.22 bits per heavy atom. The van der Waals surface area contributed by atoms with E-state index in [4.69, 9.17) is 9.26 Å². The van der Waals surface area contributed by atoms with Gasteiger partial charge in [-0.25, -0.2) is 9.18 Å². The highest BCUT2D eigenvalue weighted by molar-refractivity contribution is 5.87. The van der Waals surface area contributed by atoms with Crippen LogP contribution in [-0.2, 0) is 17.7 Å². The maximum absolute atomic E-state index is 13.2. The Bertz CT molecular complexity index is 954. The number of carbonyl (C=O) groups excluding carboxylic acids is 1. The van der Waals surface area contributed by atoms with Crippen molar-refractivity contribution >= 4 is 11.8 Å². The smallest absolute Gasteiger partial charge is 0.358 e. The molecule has 138 valence electrons. The fourth-order valence-electron chi connectivity index (χ4n) is 3.04. The molecule has 1 aliphatic rings. The molecule has 3 heterocycles. The van der Waals surface area contributed by atoms with Crippen LogP contribution in [0.3, 0.4) is 0 Å². The van der Waals surface area contributed by atoms with Crippen LogP contribution in [0, 0.1) is 5.82 Å². The molecule has 0 aliphatic carbocycles. The number of rotatable bonds is 4. The molecule has 0 fully saturated rings. The molecule has 0 saturated heterocycles. The number of nitrogens with zero attached hydrogens (tertiary/aromatic N) is 4. The molecule has 3 aromatic rings. The molecule has 0 unspecified atom stereocenters. The first-order valence-electron chi connectivity index (χ1n) is 8.65. The van der Waals surface area contributed by atoms with Gasteiger partial charge in [0.15, 0.2) is 17.3 Å². The summed E-state index contributed by atoms with van der Waals surface area (Å²) in [5.74, 6) is 0.492. The third-order valence-electron chi connectivity index (χ3n) is 4.40. The van der Waals surface area contributed by atoms with Gasteiger partial charge in [-0.2, -0.15) is 0 Å². The summed E-state index contributed by atoms with van der Waals surface area (Å²) in [6, 6.07) is 9.47. The predicted octanol–water partition coefficient (Wildman–Crippen LogP) is 3.01. The Morgan fingerprint density at radius 3 is 2.74 bits per heavy atom. The molecule has 1 aromatic carbocycles. The molecule has 8 heteroatoms. The number of esters is 1. The van der Waals surface area contributed by atoms with E-state index >= 15 is 0 Å². The van der Waals surface area contributed by atoms with Gasteiger partial charge >= 0.3 is 5.97 Å². The van der Waals surface area contributed by atoms with Gasteiger partial charge in [0.1, 0.15) is 5.82 Å². The highest BCUT2D eigenvalue weighted by Crippen LogP contribution is 2.31. The van der Waals surface area contributed by atoms with Crippen LogP contribution in [0.15, 0.2) is 40.9 Å². The predicted molar refractivity (Wildman–Crippen MR) is 94.6 cm³/mol. The lowest BCUT2D eigenvalue weighted by molar-refractivity contribution is 0.0518. The molecule has 4 rings (SSSR count). The minimum atomic E-state index is -0.491. The van der Waals surface area contributed by atoms with Crippen molar-refractivity contribution in [3.63, 3.8) is 0 Å². The van der Waals surface area contributed by atoms with E-state index in [1.165, 1.54) is 12.1 Å². The average Bonchev–Trinajstić information content (AvgIpc) is 3.12. The number of benzene rings is 1. The maximum atomic E-state index is 13.2. The highest BCUT2D eigenvalue weighted by atomic mass is 19.1. The van der Waals surface area contributed by atoms with Crippen molar-refractivity contribution in [3.8, 4) is 11.3 Å². The Kier molecular flexibility index (Phi) is 4.53. The van der Waals surface area contributed by atoms with E-state index in [9.17, 15) is 9.18 Å². The SMILES string of the molecule is CCOC(=O)c1ccc(N2CCc3noc(-c4ccc(F)cc4)c3C2)nn1. The van der Waals surface area contributed by atoms with Gasteiger partial charge in [0.05, 0.1) is 18.8 Å². The van der Waals surface area contributed by atoms with E-state index in [1.54, 1.807) is 31.2 Å². The molecular weight excluding hydrogens is 351 g/mol. The van der Waals surface area contributed by atoms with Crippen LogP contribution in [0.25, 0.3) is 11.3 Å². The van der Waals surface area contributed by atoms with Crippen molar-refractivity contribution in [1.82, 2.24) is 15.4 Å². The lowest BCUT2D eigenvalue weighted by Crippen LogP contribution is -2.31. The van der Waals surface area contributed by atoms with Crippen molar-refractivity contribution < 1.29 is 18.4 Å². The summed E-state index contributed by atoms with van der Waals surface area (Å²) < 4.78 is 23.6. The van der Waals surface area contributed by atoms with Gasteiger partial charge in [-0.1, -0.05) is 5.16 Å². The molecule has 0 saturated carbocycles. The summed E-state index contributed by atoms with van der Waals surface area (Å²) >= 11 is 0. The largest absolute Gasteiger partial charge is 0.461 e. The van der Waals surface area contributed by atoms with Gasteiger partial charge < -0.3 is 14.2 Å². The number of hydrogen-bond acceptors (Lipinski definition) is 7. The van der Waals surface area contributed by atoms with Crippen LogP contribution in [0.5, 0.6) is 0 Å². The number of aromatic nitrogens is 3. The summed E-state index contributed by atoms with van der Waals surface area (Å²) in [6.45, 7) is 3.27. The minimum absolute atomic E-state index is 0.176. The first-order chi connectivity index (χ1) is 13.2. The second-order valence-corrected chi connectivity index (χ2v) is 6.11. The van der Waals surface area contributed by atoms with Crippen LogP contribution < -0.4 is 4.90 Å². The van der Waals surface area contributed by atoms with Gasteiger partial charge in [0.2, 0.25) is 0 Å². The third kappa shape index (κ3) is 3.38. The van der Waals surface area contributed by atoms with E-state index in [-0.39, 0.29) is 18.1 Å². The molecule has 0 spiro atoms. The normalized spacial score (nSPS) is 13.3. The molecule has 27 heavy (non-hydrogen) atoms. The minimum Gasteiger partial charge on any atom is -0.461 e. The van der Waals surface area contributed by atoms with Crippen LogP contribution in [0.2, 0.25) is 0 Å². The Labute approximate surface area is 154 Å². The Morgan fingerprint density at radius 2 is 2.04 bits per heavy atom. The first-order valence-corrected chi connectivity index (χ1v) is 8.65. The van der Waals surface area contributed by atoms with Gasteiger partial charge in [-0.3, -0.25) is 0 Å². The zero-order valence-electron chi connectivity index (χ0n) is 14.7. The van der Waals surface area contributed by atoms with E-state index in [0.717, 1.165) is 16.8 Å². The third-order valence-corrected chi connectivity index (χ3v) is 4.40. The van der Waals surface area contributed by atoms with Gasteiger partial charge in [-0.05, 0) is 43.3 Å². The fourth-order valence-corrected chi connectivity index (χ4v) is 3.04. The number of anilines is 1. The monoisotopic (exact) mass is 368 g/mol. The molecule has 1 aliphatic heterocycles. The summed E-state index contributed by atoms with van der Waals surface area (Å²) in [5, 5.41) is 12.3. The summed E-state index contributed by atoms with van der Waals surface area (Å²) in [6.07, 6.45) is 0.696. The fraction of sp³-hybridized carbons (Fsp3) is 0.263. The van der Waals surface area contributed by atoms with Crippen molar-refractivity contribution in [2.24, 2.45) is 0 Å². The highest BCUT2D eigenvalue weighted by Gasteiger charge is 2.26.